The van der Waals surface area contributed by atoms with Crippen molar-refractivity contribution in [1.29, 1.82) is 0 Å². The van der Waals surface area contributed by atoms with Gasteiger partial charge in [-0.25, -0.2) is 4.99 Å². The first-order valence-corrected chi connectivity index (χ1v) is 14.2. The Morgan fingerprint density at radius 2 is 1.60 bits per heavy atom. The van der Waals surface area contributed by atoms with Crippen molar-refractivity contribution >= 4 is 11.8 Å². The van der Waals surface area contributed by atoms with Gasteiger partial charge in [-0.1, -0.05) is 49.9 Å². The molecule has 3 aromatic rings. The summed E-state index contributed by atoms with van der Waals surface area (Å²) in [7, 11) is 0. The van der Waals surface area contributed by atoms with Gasteiger partial charge >= 0.3 is 0 Å². The molecule has 1 saturated carbocycles. The molecule has 1 aromatic heterocycles. The molecule has 2 aromatic carbocycles. The number of para-hydroxylation sites is 1. The monoisotopic (exact) mass is 536 g/mol. The van der Waals surface area contributed by atoms with Gasteiger partial charge in [-0.3, -0.25) is 4.98 Å². The van der Waals surface area contributed by atoms with Gasteiger partial charge < -0.3 is 15.8 Å². The summed E-state index contributed by atoms with van der Waals surface area (Å²) in [6.07, 6.45) is 12.9. The number of benzene rings is 2. The fraction of sp³-hybridized carbons (Fsp3) is 0.314. The molecular weight excluding hydrogens is 492 g/mol. The van der Waals surface area contributed by atoms with Crippen LogP contribution in [0.3, 0.4) is 0 Å². The quantitative estimate of drug-likeness (QED) is 0.212. The summed E-state index contributed by atoms with van der Waals surface area (Å²) in [5, 5.41) is 3.63. The van der Waals surface area contributed by atoms with E-state index in [0.29, 0.717) is 5.82 Å². The molecule has 1 fully saturated rings. The molecule has 4 rings (SSSR count). The standard InChI is InChI=1S/C22H24N2O.C13H20N2/c1-5-20(21(16(3)4)22(23)24-6-2)17-12-14-19(15-13-17)25-18-10-8-7-9-11-18;1-11-2-4-13(5-3-11)15-10-12-6-8-14-9-7-12/h5-15H,3,23H2,1-2,4H3;6-9,11,13,15H,2-5,10H2,1H3/b20-5-,22-21+,24-6-;. The fourth-order valence-corrected chi connectivity index (χ4v) is 4.80. The molecule has 0 amide bonds. The van der Waals surface area contributed by atoms with Crippen LogP contribution in [0.1, 0.15) is 64.5 Å². The second-order valence-electron chi connectivity index (χ2n) is 10.3. The highest BCUT2D eigenvalue weighted by atomic mass is 16.5. The molecule has 0 atom stereocenters. The van der Waals surface area contributed by atoms with E-state index in [9.17, 15) is 0 Å². The topological polar surface area (TPSA) is 72.5 Å². The van der Waals surface area contributed by atoms with E-state index in [-0.39, 0.29) is 0 Å². The summed E-state index contributed by atoms with van der Waals surface area (Å²) in [4.78, 5) is 8.24. The number of nitrogens with two attached hydrogens (primary N) is 1. The fourth-order valence-electron chi connectivity index (χ4n) is 4.80. The SMILES string of the molecule is C=C(C)C(/C(=C\C)c1ccc(Oc2ccccc2)cc1)=C(N)\N=C/C.CC1CCC(NCc2ccncc2)CC1. The molecule has 1 aliphatic carbocycles. The lowest BCUT2D eigenvalue weighted by molar-refractivity contribution is 0.306. The minimum absolute atomic E-state index is 0.465. The smallest absolute Gasteiger partial charge is 0.131 e. The van der Waals surface area contributed by atoms with E-state index in [1.807, 2.05) is 93.8 Å². The van der Waals surface area contributed by atoms with Crippen LogP contribution in [0.15, 0.2) is 114 Å². The second kappa shape index (κ2) is 16.2. The maximum absolute atomic E-state index is 6.13. The van der Waals surface area contributed by atoms with Crippen molar-refractivity contribution in [1.82, 2.24) is 10.3 Å². The maximum Gasteiger partial charge on any atom is 0.131 e. The highest BCUT2D eigenvalue weighted by Crippen LogP contribution is 2.31. The first kappa shape index (κ1) is 30.6. The Kier molecular flexibility index (Phi) is 12.4. The van der Waals surface area contributed by atoms with E-state index in [2.05, 4.69) is 40.9 Å². The van der Waals surface area contributed by atoms with Gasteiger partial charge in [0, 0.05) is 36.8 Å². The van der Waals surface area contributed by atoms with Crippen LogP contribution >= 0.6 is 0 Å². The molecule has 0 saturated heterocycles. The second-order valence-corrected chi connectivity index (χ2v) is 10.3. The van der Waals surface area contributed by atoms with Gasteiger partial charge in [0.05, 0.1) is 0 Å². The van der Waals surface area contributed by atoms with Crippen LogP contribution < -0.4 is 15.8 Å². The molecule has 0 spiro atoms. The Morgan fingerprint density at radius 3 is 2.17 bits per heavy atom. The van der Waals surface area contributed by atoms with Crippen molar-refractivity contribution in [3.63, 3.8) is 0 Å². The van der Waals surface area contributed by atoms with Crippen LogP contribution in [-0.4, -0.2) is 17.2 Å². The van der Waals surface area contributed by atoms with Crippen molar-refractivity contribution in [3.8, 4) is 11.5 Å². The van der Waals surface area contributed by atoms with Gasteiger partial charge in [0.1, 0.15) is 17.3 Å². The molecule has 210 valence electrons. The molecule has 5 nitrogen and oxygen atoms in total. The van der Waals surface area contributed by atoms with Gasteiger partial charge in [0.2, 0.25) is 0 Å². The van der Waals surface area contributed by atoms with Crippen LogP contribution in [0.5, 0.6) is 11.5 Å². The molecule has 0 radical (unpaired) electrons. The molecular formula is C35H44N4O. The zero-order valence-electron chi connectivity index (χ0n) is 24.4. The van der Waals surface area contributed by atoms with Gasteiger partial charge in [0.25, 0.3) is 0 Å². The average molecular weight is 537 g/mol. The Balaban J connectivity index is 0.000000249. The van der Waals surface area contributed by atoms with Crippen molar-refractivity contribution in [2.24, 2.45) is 16.6 Å². The molecule has 40 heavy (non-hydrogen) atoms. The minimum atomic E-state index is 0.465. The van der Waals surface area contributed by atoms with Crippen LogP contribution in [0.4, 0.5) is 0 Å². The Hall–Kier alpha value is -3.96. The lowest BCUT2D eigenvalue weighted by Gasteiger charge is -2.27. The first-order chi connectivity index (χ1) is 19.4. The Labute approximate surface area is 240 Å². The lowest BCUT2D eigenvalue weighted by Crippen LogP contribution is -2.32. The Morgan fingerprint density at radius 1 is 0.975 bits per heavy atom. The third kappa shape index (κ3) is 9.65. The third-order valence-corrected chi connectivity index (χ3v) is 7.01. The van der Waals surface area contributed by atoms with Crippen molar-refractivity contribution in [2.45, 2.75) is 66.0 Å². The number of hydrogen-bond donors (Lipinski definition) is 2. The van der Waals surface area contributed by atoms with Crippen molar-refractivity contribution in [2.75, 3.05) is 0 Å². The van der Waals surface area contributed by atoms with Gasteiger partial charge in [-0.15, -0.1) is 0 Å². The zero-order chi connectivity index (χ0) is 28.7. The maximum atomic E-state index is 6.13. The summed E-state index contributed by atoms with van der Waals surface area (Å²) < 4.78 is 5.84. The van der Waals surface area contributed by atoms with Gasteiger partial charge in [0.15, 0.2) is 0 Å². The number of pyridine rings is 1. The van der Waals surface area contributed by atoms with E-state index < -0.39 is 0 Å². The summed E-state index contributed by atoms with van der Waals surface area (Å²) in [6.45, 7) is 13.2. The van der Waals surface area contributed by atoms with Gasteiger partial charge in [-0.2, -0.15) is 0 Å². The van der Waals surface area contributed by atoms with Crippen molar-refractivity contribution in [3.05, 3.63) is 120 Å². The Bertz CT molecular complexity index is 1270. The number of nitrogens with one attached hydrogen (secondary N) is 1. The molecule has 1 heterocycles. The predicted octanol–water partition coefficient (Wildman–Crippen LogP) is 8.47. The number of ether oxygens (including phenoxy) is 1. The largest absolute Gasteiger partial charge is 0.457 e. The molecule has 0 unspecified atom stereocenters. The average Bonchev–Trinajstić information content (AvgIpc) is 2.97. The number of aromatic nitrogens is 1. The summed E-state index contributed by atoms with van der Waals surface area (Å²) in [6, 6.07) is 22.5. The summed E-state index contributed by atoms with van der Waals surface area (Å²) >= 11 is 0. The molecule has 0 aliphatic heterocycles. The number of aliphatic imine (C=N–C) groups is 1. The number of rotatable bonds is 9. The molecule has 3 N–H and O–H groups in total. The normalized spacial score (nSPS) is 17.9. The number of nitrogens with zero attached hydrogens (tertiary/aromatic N) is 2. The van der Waals surface area contributed by atoms with E-state index in [4.69, 9.17) is 10.5 Å². The molecule has 1 aliphatic rings. The van der Waals surface area contributed by atoms with Crippen LogP contribution in [-0.2, 0) is 6.54 Å². The predicted molar refractivity (Wildman–Crippen MR) is 169 cm³/mol. The number of allylic oxidation sites excluding steroid dienone is 4. The zero-order valence-corrected chi connectivity index (χ0v) is 24.4. The van der Waals surface area contributed by atoms with Gasteiger partial charge in [-0.05, 0) is 111 Å². The van der Waals surface area contributed by atoms with E-state index >= 15 is 0 Å². The van der Waals surface area contributed by atoms with E-state index in [0.717, 1.165) is 52.3 Å². The van der Waals surface area contributed by atoms with E-state index in [1.54, 1.807) is 6.21 Å². The highest BCUT2D eigenvalue weighted by Gasteiger charge is 2.17. The number of hydrogen-bond acceptors (Lipinski definition) is 5. The van der Waals surface area contributed by atoms with E-state index in [1.165, 1.54) is 31.2 Å². The van der Waals surface area contributed by atoms with Crippen LogP contribution in [0.25, 0.3) is 5.57 Å². The third-order valence-electron chi connectivity index (χ3n) is 7.01. The molecule has 5 heteroatoms. The minimum Gasteiger partial charge on any atom is -0.457 e. The lowest BCUT2D eigenvalue weighted by atomic mass is 9.87. The highest BCUT2D eigenvalue weighted by molar-refractivity contribution is 5.84. The van der Waals surface area contributed by atoms with Crippen LogP contribution in [0.2, 0.25) is 0 Å². The first-order valence-electron chi connectivity index (χ1n) is 14.2. The summed E-state index contributed by atoms with van der Waals surface area (Å²) in [5.41, 5.74) is 11.2. The summed E-state index contributed by atoms with van der Waals surface area (Å²) in [5.74, 6) is 2.99. The molecule has 0 bridgehead atoms. The van der Waals surface area contributed by atoms with Crippen LogP contribution in [0, 0.1) is 5.92 Å². The van der Waals surface area contributed by atoms with Crippen molar-refractivity contribution < 1.29 is 4.74 Å².